The standard InChI is InChI=1S/C22H31N5O3/c1-4-6-27-19(29)17-18(26(21(27)30)7-5-16(28)25(2)3)24-20(23-17)22-11-13-8-14(12-22)10-15(22)9-13/h13-15H,4-12H2,1-3H3,(H,23,24). The molecule has 0 radical (unpaired) electrons. The molecule has 1 N–H and O–H groups in total. The molecule has 0 spiro atoms. The summed E-state index contributed by atoms with van der Waals surface area (Å²) in [5, 5.41) is 0. The molecule has 8 nitrogen and oxygen atoms in total. The van der Waals surface area contributed by atoms with Gasteiger partial charge in [0, 0.05) is 39.0 Å². The number of carbonyl (C=O) groups is 1. The average Bonchev–Trinajstić information content (AvgIpc) is 3.32. The molecule has 8 heteroatoms. The van der Waals surface area contributed by atoms with E-state index >= 15 is 0 Å². The van der Waals surface area contributed by atoms with E-state index in [4.69, 9.17) is 4.98 Å². The highest BCUT2D eigenvalue weighted by Crippen LogP contribution is 2.65. The van der Waals surface area contributed by atoms with Crippen LogP contribution in [0.15, 0.2) is 9.59 Å². The Morgan fingerprint density at radius 2 is 1.83 bits per heavy atom. The van der Waals surface area contributed by atoms with Crippen molar-refractivity contribution in [3.05, 3.63) is 26.7 Å². The van der Waals surface area contributed by atoms with Gasteiger partial charge in [0.25, 0.3) is 5.56 Å². The summed E-state index contributed by atoms with van der Waals surface area (Å²) in [7, 11) is 3.41. The fourth-order valence-corrected chi connectivity index (χ4v) is 6.64. The summed E-state index contributed by atoms with van der Waals surface area (Å²) in [4.78, 5) is 48.2. The van der Waals surface area contributed by atoms with Crippen LogP contribution in [0.4, 0.5) is 0 Å². The second-order valence-corrected chi connectivity index (χ2v) is 9.91. The summed E-state index contributed by atoms with van der Waals surface area (Å²) in [5.41, 5.74) is 0.207. The van der Waals surface area contributed by atoms with Gasteiger partial charge in [-0.2, -0.15) is 0 Å². The number of imidazole rings is 1. The Balaban J connectivity index is 1.64. The Kier molecular flexibility index (Phi) is 4.45. The van der Waals surface area contributed by atoms with Crippen LogP contribution in [-0.4, -0.2) is 44.0 Å². The zero-order valence-corrected chi connectivity index (χ0v) is 18.1. The van der Waals surface area contributed by atoms with Crippen LogP contribution in [-0.2, 0) is 23.3 Å². The van der Waals surface area contributed by atoms with Gasteiger partial charge in [-0.1, -0.05) is 6.92 Å². The van der Waals surface area contributed by atoms with E-state index in [0.717, 1.165) is 30.5 Å². The number of H-pyrrole nitrogens is 1. The van der Waals surface area contributed by atoms with Crippen molar-refractivity contribution in [1.29, 1.82) is 0 Å². The molecule has 4 saturated carbocycles. The van der Waals surface area contributed by atoms with E-state index in [9.17, 15) is 14.4 Å². The lowest BCUT2D eigenvalue weighted by atomic mass is 9.75. The van der Waals surface area contributed by atoms with Gasteiger partial charge in [0.15, 0.2) is 5.65 Å². The molecule has 2 aromatic heterocycles. The van der Waals surface area contributed by atoms with Crippen LogP contribution in [0.25, 0.3) is 11.2 Å². The number of nitrogens with one attached hydrogen (secondary N) is 1. The minimum atomic E-state index is -0.367. The zero-order valence-electron chi connectivity index (χ0n) is 18.1. The number of hydrogen-bond acceptors (Lipinski definition) is 4. The Bertz CT molecular complexity index is 1110. The first-order valence-corrected chi connectivity index (χ1v) is 11.3. The molecule has 4 bridgehead atoms. The Labute approximate surface area is 175 Å². The first-order chi connectivity index (χ1) is 14.3. The zero-order chi connectivity index (χ0) is 21.2. The van der Waals surface area contributed by atoms with Crippen molar-refractivity contribution in [2.75, 3.05) is 14.1 Å². The molecule has 30 heavy (non-hydrogen) atoms. The fraction of sp³-hybridized carbons (Fsp3) is 0.727. The van der Waals surface area contributed by atoms with Crippen LogP contribution in [0.5, 0.6) is 0 Å². The molecule has 0 aliphatic heterocycles. The number of aryl methyl sites for hydroxylation is 1. The van der Waals surface area contributed by atoms with Gasteiger partial charge in [0.2, 0.25) is 5.91 Å². The van der Waals surface area contributed by atoms with Crippen LogP contribution in [0, 0.1) is 17.8 Å². The second-order valence-electron chi connectivity index (χ2n) is 9.91. The molecule has 0 aromatic carbocycles. The number of aromatic nitrogens is 4. The molecule has 1 amide bonds. The van der Waals surface area contributed by atoms with Crippen molar-refractivity contribution in [3.63, 3.8) is 0 Å². The highest BCUT2D eigenvalue weighted by atomic mass is 16.2. The van der Waals surface area contributed by atoms with Gasteiger partial charge in [-0.15, -0.1) is 0 Å². The normalized spacial score (nSPS) is 29.2. The quantitative estimate of drug-likeness (QED) is 0.782. The molecule has 2 atom stereocenters. The Morgan fingerprint density at radius 3 is 2.47 bits per heavy atom. The van der Waals surface area contributed by atoms with E-state index in [-0.39, 0.29) is 35.5 Å². The molecule has 0 saturated heterocycles. The minimum Gasteiger partial charge on any atom is -0.349 e. The summed E-state index contributed by atoms with van der Waals surface area (Å²) >= 11 is 0. The van der Waals surface area contributed by atoms with Crippen LogP contribution in [0.3, 0.4) is 0 Å². The number of amides is 1. The lowest BCUT2D eigenvalue weighted by molar-refractivity contribution is -0.128. The van der Waals surface area contributed by atoms with Crippen molar-refractivity contribution in [2.24, 2.45) is 17.8 Å². The fourth-order valence-electron chi connectivity index (χ4n) is 6.64. The van der Waals surface area contributed by atoms with Crippen molar-refractivity contribution >= 4 is 17.1 Å². The predicted molar refractivity (Wildman–Crippen MR) is 113 cm³/mol. The smallest absolute Gasteiger partial charge is 0.332 e. The predicted octanol–water partition coefficient (Wildman–Crippen LogP) is 1.85. The van der Waals surface area contributed by atoms with Crippen molar-refractivity contribution < 1.29 is 4.79 Å². The third-order valence-corrected chi connectivity index (χ3v) is 7.82. The molecule has 2 heterocycles. The second kappa shape index (κ2) is 6.82. The highest BCUT2D eigenvalue weighted by molar-refractivity contribution is 5.76. The summed E-state index contributed by atoms with van der Waals surface area (Å²) in [6.45, 7) is 2.53. The monoisotopic (exact) mass is 413 g/mol. The number of rotatable bonds is 6. The number of aromatic amines is 1. The maximum atomic E-state index is 13.1. The van der Waals surface area contributed by atoms with Gasteiger partial charge in [0.1, 0.15) is 11.3 Å². The third-order valence-electron chi connectivity index (χ3n) is 7.82. The molecular formula is C22H31N5O3. The van der Waals surface area contributed by atoms with Crippen LogP contribution in [0.1, 0.15) is 57.7 Å². The van der Waals surface area contributed by atoms with Crippen molar-refractivity contribution in [3.8, 4) is 0 Å². The molecule has 6 rings (SSSR count). The lowest BCUT2D eigenvalue weighted by Gasteiger charge is -2.30. The van der Waals surface area contributed by atoms with E-state index in [0.29, 0.717) is 30.0 Å². The van der Waals surface area contributed by atoms with E-state index in [1.165, 1.54) is 33.3 Å². The third kappa shape index (κ3) is 2.72. The molecule has 2 unspecified atom stereocenters. The van der Waals surface area contributed by atoms with E-state index in [2.05, 4.69) is 4.98 Å². The summed E-state index contributed by atoms with van der Waals surface area (Å²) < 4.78 is 2.82. The average molecular weight is 414 g/mol. The van der Waals surface area contributed by atoms with E-state index < -0.39 is 0 Å². The first kappa shape index (κ1) is 19.6. The SMILES string of the molecule is CCCn1c(=O)c2[nH]c(C34CC5CC(CC3C5)C4)nc2n(CCC(=O)N(C)C)c1=O. The minimum absolute atomic E-state index is 0.0367. The van der Waals surface area contributed by atoms with Gasteiger partial charge in [-0.3, -0.25) is 18.7 Å². The van der Waals surface area contributed by atoms with E-state index in [1.54, 1.807) is 14.1 Å². The Morgan fingerprint density at radius 1 is 1.13 bits per heavy atom. The van der Waals surface area contributed by atoms with Crippen LogP contribution < -0.4 is 11.2 Å². The summed E-state index contributed by atoms with van der Waals surface area (Å²) in [5.74, 6) is 3.02. The van der Waals surface area contributed by atoms with E-state index in [1.807, 2.05) is 6.92 Å². The van der Waals surface area contributed by atoms with Gasteiger partial charge < -0.3 is 9.88 Å². The van der Waals surface area contributed by atoms with Gasteiger partial charge in [-0.05, 0) is 56.3 Å². The Hall–Kier alpha value is -2.38. The van der Waals surface area contributed by atoms with Crippen LogP contribution in [0.2, 0.25) is 0 Å². The van der Waals surface area contributed by atoms with Crippen molar-refractivity contribution in [1.82, 2.24) is 24.0 Å². The topological polar surface area (TPSA) is 93.0 Å². The maximum absolute atomic E-state index is 13.1. The number of hydrogen-bond donors (Lipinski definition) is 1. The molecule has 2 aromatic rings. The van der Waals surface area contributed by atoms with Crippen LogP contribution >= 0.6 is 0 Å². The number of carbonyl (C=O) groups excluding carboxylic acids is 1. The van der Waals surface area contributed by atoms with Crippen molar-refractivity contribution in [2.45, 2.75) is 70.4 Å². The molecular weight excluding hydrogens is 382 g/mol. The number of nitrogens with zero attached hydrogens (tertiary/aromatic N) is 4. The lowest BCUT2D eigenvalue weighted by Crippen LogP contribution is -2.40. The van der Waals surface area contributed by atoms with Gasteiger partial charge in [-0.25, -0.2) is 9.78 Å². The van der Waals surface area contributed by atoms with Gasteiger partial charge >= 0.3 is 5.69 Å². The summed E-state index contributed by atoms with van der Waals surface area (Å²) in [6.07, 6.45) is 7.02. The highest BCUT2D eigenvalue weighted by Gasteiger charge is 2.59. The largest absolute Gasteiger partial charge is 0.349 e. The number of fused-ring (bicyclic) bond motifs is 1. The summed E-state index contributed by atoms with van der Waals surface area (Å²) in [6, 6.07) is 0. The molecule has 4 fully saturated rings. The maximum Gasteiger partial charge on any atom is 0.332 e. The van der Waals surface area contributed by atoms with Gasteiger partial charge in [0.05, 0.1) is 0 Å². The molecule has 4 aliphatic carbocycles. The molecule has 4 aliphatic rings. The first-order valence-electron chi connectivity index (χ1n) is 11.3. The molecule has 162 valence electrons.